The highest BCUT2D eigenvalue weighted by Gasteiger charge is 2.35. The number of pyridine rings is 1. The smallest absolute Gasteiger partial charge is 0.244 e. The predicted octanol–water partition coefficient (Wildman–Crippen LogP) is 1.88. The first-order valence-corrected chi connectivity index (χ1v) is 11.5. The fourth-order valence-corrected chi connectivity index (χ4v) is 4.62. The lowest BCUT2D eigenvalue weighted by atomic mass is 9.94. The molecule has 3 heterocycles. The van der Waals surface area contributed by atoms with Crippen molar-refractivity contribution < 1.29 is 14.3 Å². The number of carbonyl (C=O) groups excluding carboxylic acids is 2. The summed E-state index contributed by atoms with van der Waals surface area (Å²) in [7, 11) is 0. The molecular formula is C23H32N6O3. The molecule has 0 spiro atoms. The second kappa shape index (κ2) is 10.2. The van der Waals surface area contributed by atoms with Crippen LogP contribution in [0, 0.1) is 13.8 Å². The van der Waals surface area contributed by atoms with Crippen LogP contribution in [0.2, 0.25) is 0 Å². The number of aryl methyl sites for hydroxylation is 2. The van der Waals surface area contributed by atoms with E-state index in [2.05, 4.69) is 15.1 Å². The quantitative estimate of drug-likeness (QED) is 0.681. The molecule has 32 heavy (non-hydrogen) atoms. The van der Waals surface area contributed by atoms with Gasteiger partial charge >= 0.3 is 0 Å². The molecule has 0 N–H and O–H groups in total. The maximum absolute atomic E-state index is 13.2. The van der Waals surface area contributed by atoms with Gasteiger partial charge < -0.3 is 14.5 Å². The van der Waals surface area contributed by atoms with Crippen LogP contribution in [0.3, 0.4) is 0 Å². The SMILES string of the molecule is Cc1nc(C)n(CC(=O)N2CC(=O)N(C3CCCCC3)CC(OCc3cccnc3)C2)n1. The molecule has 9 nitrogen and oxygen atoms in total. The second-order valence-electron chi connectivity index (χ2n) is 8.77. The standard InChI is InChI=1S/C23H32N6O3/c1-17-25-18(2)29(26-17)15-22(30)27-12-21(32-16-19-7-6-10-24-11-19)13-28(23(31)14-27)20-8-4-3-5-9-20/h6-7,10-11,20-21H,3-5,8-9,12-16H2,1-2H3. The van der Waals surface area contributed by atoms with Gasteiger partial charge in [-0.1, -0.05) is 25.3 Å². The zero-order valence-corrected chi connectivity index (χ0v) is 18.9. The molecule has 0 aromatic carbocycles. The van der Waals surface area contributed by atoms with Crippen LogP contribution in [0.4, 0.5) is 0 Å². The molecule has 1 atom stereocenters. The number of amides is 2. The van der Waals surface area contributed by atoms with Crippen LogP contribution >= 0.6 is 0 Å². The van der Waals surface area contributed by atoms with Gasteiger partial charge in [0.2, 0.25) is 11.8 Å². The van der Waals surface area contributed by atoms with Crippen LogP contribution in [0.15, 0.2) is 24.5 Å². The van der Waals surface area contributed by atoms with Crippen LogP contribution in [-0.4, -0.2) is 73.1 Å². The second-order valence-corrected chi connectivity index (χ2v) is 8.77. The maximum atomic E-state index is 13.2. The van der Waals surface area contributed by atoms with Gasteiger partial charge in [0.05, 0.1) is 19.3 Å². The molecule has 1 aliphatic carbocycles. The number of ether oxygens (including phenoxy) is 1. The molecule has 1 saturated heterocycles. The number of hydrogen-bond donors (Lipinski definition) is 0. The zero-order valence-electron chi connectivity index (χ0n) is 18.9. The van der Waals surface area contributed by atoms with Crippen molar-refractivity contribution in [1.82, 2.24) is 29.5 Å². The summed E-state index contributed by atoms with van der Waals surface area (Å²) < 4.78 is 7.81. The van der Waals surface area contributed by atoms with Crippen LogP contribution in [0.25, 0.3) is 0 Å². The maximum Gasteiger partial charge on any atom is 0.244 e. The molecule has 0 radical (unpaired) electrons. The van der Waals surface area contributed by atoms with E-state index in [1.54, 1.807) is 28.9 Å². The highest BCUT2D eigenvalue weighted by Crippen LogP contribution is 2.25. The van der Waals surface area contributed by atoms with Crippen molar-refractivity contribution in [2.75, 3.05) is 19.6 Å². The molecule has 1 saturated carbocycles. The summed E-state index contributed by atoms with van der Waals surface area (Å²) in [5.41, 5.74) is 0.971. The van der Waals surface area contributed by atoms with Gasteiger partial charge in [-0.25, -0.2) is 9.67 Å². The van der Waals surface area contributed by atoms with Crippen LogP contribution in [0.5, 0.6) is 0 Å². The van der Waals surface area contributed by atoms with Gasteiger partial charge in [0.15, 0.2) is 0 Å². The molecule has 0 bridgehead atoms. The molecule has 172 valence electrons. The minimum absolute atomic E-state index is 0.00391. The summed E-state index contributed by atoms with van der Waals surface area (Å²) in [5.74, 6) is 1.17. The van der Waals surface area contributed by atoms with Crippen molar-refractivity contribution >= 4 is 11.8 Å². The van der Waals surface area contributed by atoms with E-state index in [9.17, 15) is 9.59 Å². The normalized spacial score (nSPS) is 20.4. The van der Waals surface area contributed by atoms with E-state index in [1.165, 1.54) is 6.42 Å². The fraction of sp³-hybridized carbons (Fsp3) is 0.609. The molecule has 9 heteroatoms. The Morgan fingerprint density at radius 1 is 1.19 bits per heavy atom. The Kier molecular flexibility index (Phi) is 7.14. The predicted molar refractivity (Wildman–Crippen MR) is 117 cm³/mol. The van der Waals surface area contributed by atoms with E-state index in [0.717, 1.165) is 31.2 Å². The van der Waals surface area contributed by atoms with E-state index in [0.29, 0.717) is 31.3 Å². The Hall–Kier alpha value is -2.81. The summed E-state index contributed by atoms with van der Waals surface area (Å²) in [6.07, 6.45) is 8.80. The molecule has 2 aliphatic rings. The molecular weight excluding hydrogens is 408 g/mol. The van der Waals surface area contributed by atoms with E-state index >= 15 is 0 Å². The van der Waals surface area contributed by atoms with E-state index in [4.69, 9.17) is 4.74 Å². The number of rotatable bonds is 6. The third-order valence-electron chi connectivity index (χ3n) is 6.30. The van der Waals surface area contributed by atoms with E-state index < -0.39 is 0 Å². The molecule has 1 unspecified atom stereocenters. The number of hydrogen-bond acceptors (Lipinski definition) is 6. The van der Waals surface area contributed by atoms with Gasteiger partial charge in [0.25, 0.3) is 0 Å². The van der Waals surface area contributed by atoms with E-state index in [1.807, 2.05) is 24.0 Å². The van der Waals surface area contributed by atoms with Gasteiger partial charge in [-0.15, -0.1) is 0 Å². The lowest BCUT2D eigenvalue weighted by Crippen LogP contribution is -2.46. The minimum atomic E-state index is -0.258. The Labute approximate surface area is 188 Å². The Morgan fingerprint density at radius 3 is 2.69 bits per heavy atom. The van der Waals surface area contributed by atoms with Crippen LogP contribution in [-0.2, 0) is 27.5 Å². The summed E-state index contributed by atoms with van der Waals surface area (Å²) in [4.78, 5) is 38.3. The topological polar surface area (TPSA) is 93.5 Å². The zero-order chi connectivity index (χ0) is 22.5. The lowest BCUT2D eigenvalue weighted by Gasteiger charge is -2.34. The molecule has 2 amide bonds. The van der Waals surface area contributed by atoms with Gasteiger partial charge in [-0.2, -0.15) is 5.10 Å². The number of aromatic nitrogens is 4. The van der Waals surface area contributed by atoms with Gasteiger partial charge in [0.1, 0.15) is 18.2 Å². The molecule has 2 aromatic rings. The van der Waals surface area contributed by atoms with Gasteiger partial charge in [-0.3, -0.25) is 14.6 Å². The van der Waals surface area contributed by atoms with Crippen LogP contribution in [0.1, 0.15) is 49.3 Å². The van der Waals surface area contributed by atoms with Crippen molar-refractivity contribution in [3.05, 3.63) is 41.7 Å². The molecule has 1 aliphatic heterocycles. The average molecular weight is 441 g/mol. The Bertz CT molecular complexity index is 925. The number of nitrogens with zero attached hydrogens (tertiary/aromatic N) is 6. The summed E-state index contributed by atoms with van der Waals surface area (Å²) in [6.45, 7) is 5.05. The van der Waals surface area contributed by atoms with Crippen molar-refractivity contribution in [3.63, 3.8) is 0 Å². The monoisotopic (exact) mass is 440 g/mol. The first-order chi connectivity index (χ1) is 15.5. The summed E-state index contributed by atoms with van der Waals surface area (Å²) >= 11 is 0. The Balaban J connectivity index is 1.49. The highest BCUT2D eigenvalue weighted by molar-refractivity contribution is 5.85. The van der Waals surface area contributed by atoms with Gasteiger partial charge in [-0.05, 0) is 38.3 Å². The van der Waals surface area contributed by atoms with Crippen LogP contribution < -0.4 is 0 Å². The molecule has 2 aromatic heterocycles. The van der Waals surface area contributed by atoms with Crippen molar-refractivity contribution in [2.45, 2.75) is 71.2 Å². The Morgan fingerprint density at radius 2 is 2.00 bits per heavy atom. The highest BCUT2D eigenvalue weighted by atomic mass is 16.5. The van der Waals surface area contributed by atoms with Crippen molar-refractivity contribution in [1.29, 1.82) is 0 Å². The average Bonchev–Trinajstić information content (AvgIpc) is 3.01. The minimum Gasteiger partial charge on any atom is -0.370 e. The molecule has 4 rings (SSSR count). The third kappa shape index (κ3) is 5.51. The fourth-order valence-electron chi connectivity index (χ4n) is 4.62. The molecule has 2 fully saturated rings. The first kappa shape index (κ1) is 22.4. The van der Waals surface area contributed by atoms with E-state index in [-0.39, 0.29) is 37.0 Å². The number of carbonyl (C=O) groups is 2. The van der Waals surface area contributed by atoms with Gasteiger partial charge in [0, 0.05) is 31.5 Å². The third-order valence-corrected chi connectivity index (χ3v) is 6.30. The summed E-state index contributed by atoms with van der Waals surface area (Å²) in [5, 5.41) is 4.30. The summed E-state index contributed by atoms with van der Waals surface area (Å²) in [6, 6.07) is 4.07. The first-order valence-electron chi connectivity index (χ1n) is 11.5. The largest absolute Gasteiger partial charge is 0.370 e. The lowest BCUT2D eigenvalue weighted by molar-refractivity contribution is -0.140. The van der Waals surface area contributed by atoms with Crippen molar-refractivity contribution in [3.8, 4) is 0 Å². The van der Waals surface area contributed by atoms with Crippen molar-refractivity contribution in [2.24, 2.45) is 0 Å².